The maximum absolute atomic E-state index is 5.88. The predicted molar refractivity (Wildman–Crippen MR) is 116 cm³/mol. The molecule has 0 amide bonds. The molecule has 0 aliphatic carbocycles. The van der Waals surface area contributed by atoms with Crippen LogP contribution >= 0.6 is 0 Å². The van der Waals surface area contributed by atoms with Crippen molar-refractivity contribution in [2.45, 2.75) is 58.9 Å². The number of benzene rings is 1. The van der Waals surface area contributed by atoms with Gasteiger partial charge in [0.15, 0.2) is 5.96 Å². The number of nitrogens with zero attached hydrogens (tertiary/aromatic N) is 2. The molecule has 0 atom stereocenters. The molecule has 158 valence electrons. The van der Waals surface area contributed by atoms with E-state index in [0.29, 0.717) is 6.61 Å². The summed E-state index contributed by atoms with van der Waals surface area (Å²) in [6.07, 6.45) is 0. The van der Waals surface area contributed by atoms with Gasteiger partial charge < -0.3 is 20.1 Å². The number of hydrogen-bond donors (Lipinski definition) is 2. The first-order chi connectivity index (χ1) is 13.2. The molecule has 6 nitrogen and oxygen atoms in total. The Labute approximate surface area is 170 Å². The van der Waals surface area contributed by atoms with E-state index in [1.54, 1.807) is 0 Å². The average Bonchev–Trinajstić information content (AvgIpc) is 2.67. The van der Waals surface area contributed by atoms with E-state index in [1.165, 1.54) is 11.1 Å². The third-order valence-corrected chi connectivity index (χ3v) is 4.90. The van der Waals surface area contributed by atoms with Gasteiger partial charge in [-0.05, 0) is 45.7 Å². The van der Waals surface area contributed by atoms with E-state index in [2.05, 4.69) is 79.4 Å². The minimum atomic E-state index is -0.131. The summed E-state index contributed by atoms with van der Waals surface area (Å²) in [4.78, 5) is 6.84. The summed E-state index contributed by atoms with van der Waals surface area (Å²) in [6.45, 7) is 16.5. The highest BCUT2D eigenvalue weighted by Gasteiger charge is 2.28. The van der Waals surface area contributed by atoms with Crippen LogP contribution in [0.25, 0.3) is 0 Å². The number of morpholine rings is 1. The van der Waals surface area contributed by atoms with E-state index >= 15 is 0 Å². The monoisotopic (exact) mass is 390 g/mol. The Morgan fingerprint density at radius 2 is 1.79 bits per heavy atom. The first-order valence-electron chi connectivity index (χ1n) is 10.2. The topological polar surface area (TPSA) is 58.1 Å². The van der Waals surface area contributed by atoms with Gasteiger partial charge >= 0.3 is 0 Å². The van der Waals surface area contributed by atoms with Gasteiger partial charge in [0, 0.05) is 38.8 Å². The van der Waals surface area contributed by atoms with Crippen LogP contribution < -0.4 is 10.6 Å². The lowest BCUT2D eigenvalue weighted by molar-refractivity contribution is -0.0149. The van der Waals surface area contributed by atoms with E-state index in [4.69, 9.17) is 9.47 Å². The lowest BCUT2D eigenvalue weighted by Gasteiger charge is -2.41. The zero-order valence-corrected chi connectivity index (χ0v) is 18.5. The molecule has 2 rings (SSSR count). The maximum atomic E-state index is 5.88. The lowest BCUT2D eigenvalue weighted by atomic mass is 10.0. The molecule has 1 fully saturated rings. The maximum Gasteiger partial charge on any atom is 0.191 e. The van der Waals surface area contributed by atoms with Gasteiger partial charge in [-0.25, -0.2) is 0 Å². The van der Waals surface area contributed by atoms with Crippen molar-refractivity contribution in [2.75, 3.05) is 39.9 Å². The minimum absolute atomic E-state index is 0.0472. The molecule has 1 aliphatic rings. The second kappa shape index (κ2) is 10.2. The highest BCUT2D eigenvalue weighted by Crippen LogP contribution is 2.15. The number of aliphatic imine (C=N–C) groups is 1. The molecule has 1 saturated heterocycles. The highest BCUT2D eigenvalue weighted by atomic mass is 16.5. The van der Waals surface area contributed by atoms with Gasteiger partial charge in [-0.3, -0.25) is 9.89 Å². The summed E-state index contributed by atoms with van der Waals surface area (Å²) < 4.78 is 11.3. The quantitative estimate of drug-likeness (QED) is 0.554. The van der Waals surface area contributed by atoms with Crippen molar-refractivity contribution in [2.24, 2.45) is 4.99 Å². The molecule has 2 N–H and O–H groups in total. The fourth-order valence-corrected chi connectivity index (χ4v) is 3.12. The van der Waals surface area contributed by atoms with Gasteiger partial charge in [0.05, 0.1) is 25.4 Å². The van der Waals surface area contributed by atoms with E-state index < -0.39 is 0 Å². The lowest BCUT2D eigenvalue weighted by Crippen LogP contribution is -2.56. The van der Waals surface area contributed by atoms with Crippen molar-refractivity contribution in [1.82, 2.24) is 15.5 Å². The number of hydrogen-bond acceptors (Lipinski definition) is 4. The fourth-order valence-electron chi connectivity index (χ4n) is 3.12. The molecule has 0 spiro atoms. The summed E-state index contributed by atoms with van der Waals surface area (Å²) in [7, 11) is 1.81. The Morgan fingerprint density at radius 3 is 2.43 bits per heavy atom. The third-order valence-electron chi connectivity index (χ3n) is 4.90. The molecule has 28 heavy (non-hydrogen) atoms. The predicted octanol–water partition coefficient (Wildman–Crippen LogP) is 2.78. The normalized spacial score (nSPS) is 16.9. The summed E-state index contributed by atoms with van der Waals surface area (Å²) >= 11 is 0. The van der Waals surface area contributed by atoms with Crippen LogP contribution in [0.3, 0.4) is 0 Å². The van der Waals surface area contributed by atoms with Crippen LogP contribution in [-0.4, -0.2) is 61.9 Å². The van der Waals surface area contributed by atoms with Gasteiger partial charge in [0.1, 0.15) is 0 Å². The molecule has 0 radical (unpaired) electrons. The van der Waals surface area contributed by atoms with E-state index in [-0.39, 0.29) is 11.1 Å². The van der Waals surface area contributed by atoms with Crippen LogP contribution in [0, 0.1) is 0 Å². The van der Waals surface area contributed by atoms with E-state index in [9.17, 15) is 0 Å². The Hall–Kier alpha value is -1.63. The largest absolute Gasteiger partial charge is 0.379 e. The average molecular weight is 391 g/mol. The second-order valence-electron chi connectivity index (χ2n) is 8.91. The SMILES string of the molecule is CN=C(NCc1cccc(COC(C)(C)C)c1)NCC(C)(C)N1CCOCC1. The second-order valence-corrected chi connectivity index (χ2v) is 8.91. The fraction of sp³-hybridized carbons (Fsp3) is 0.682. The van der Waals surface area contributed by atoms with Crippen LogP contribution in [0.5, 0.6) is 0 Å². The van der Waals surface area contributed by atoms with Crippen molar-refractivity contribution in [3.05, 3.63) is 35.4 Å². The summed E-state index contributed by atoms with van der Waals surface area (Å²) in [5, 5.41) is 6.88. The van der Waals surface area contributed by atoms with Crippen molar-refractivity contribution < 1.29 is 9.47 Å². The summed E-state index contributed by atoms with van der Waals surface area (Å²) in [5.41, 5.74) is 2.31. The van der Waals surface area contributed by atoms with E-state index in [0.717, 1.165) is 45.4 Å². The molecule has 1 aromatic carbocycles. The van der Waals surface area contributed by atoms with Crippen LogP contribution in [0.15, 0.2) is 29.3 Å². The standard InChI is InChI=1S/C22H38N4O2/c1-21(2,3)28-16-19-9-7-8-18(14-19)15-24-20(23-6)25-17-22(4,5)26-10-12-27-13-11-26/h7-9,14H,10-13,15-17H2,1-6H3,(H2,23,24,25). The Balaban J connectivity index is 1.83. The van der Waals surface area contributed by atoms with E-state index in [1.807, 2.05) is 7.05 Å². The highest BCUT2D eigenvalue weighted by molar-refractivity contribution is 5.79. The van der Waals surface area contributed by atoms with Crippen molar-refractivity contribution in [1.29, 1.82) is 0 Å². The Morgan fingerprint density at radius 1 is 1.11 bits per heavy atom. The van der Waals surface area contributed by atoms with Gasteiger partial charge in [-0.15, -0.1) is 0 Å². The molecule has 1 heterocycles. The Kier molecular flexibility index (Phi) is 8.28. The molecule has 1 aliphatic heterocycles. The molecule has 0 saturated carbocycles. The van der Waals surface area contributed by atoms with Crippen molar-refractivity contribution in [3.8, 4) is 0 Å². The molecule has 0 unspecified atom stereocenters. The zero-order valence-electron chi connectivity index (χ0n) is 18.5. The zero-order chi connectivity index (χ0) is 20.6. The molecule has 0 aromatic heterocycles. The third kappa shape index (κ3) is 7.78. The van der Waals surface area contributed by atoms with Crippen LogP contribution in [0.1, 0.15) is 45.7 Å². The number of rotatable bonds is 7. The Bertz CT molecular complexity index is 632. The van der Waals surface area contributed by atoms with Crippen LogP contribution in [0.2, 0.25) is 0 Å². The van der Waals surface area contributed by atoms with Gasteiger partial charge in [-0.1, -0.05) is 24.3 Å². The molecular weight excluding hydrogens is 352 g/mol. The number of guanidine groups is 1. The van der Waals surface area contributed by atoms with Gasteiger partial charge in [-0.2, -0.15) is 0 Å². The smallest absolute Gasteiger partial charge is 0.191 e. The van der Waals surface area contributed by atoms with Gasteiger partial charge in [0.2, 0.25) is 0 Å². The minimum Gasteiger partial charge on any atom is -0.379 e. The molecule has 6 heteroatoms. The van der Waals surface area contributed by atoms with Crippen LogP contribution in [-0.2, 0) is 22.6 Å². The molecular formula is C22H38N4O2. The molecule has 1 aromatic rings. The first-order valence-corrected chi connectivity index (χ1v) is 10.2. The van der Waals surface area contributed by atoms with Crippen molar-refractivity contribution >= 4 is 5.96 Å². The summed E-state index contributed by atoms with van der Waals surface area (Å²) in [5.74, 6) is 0.817. The van der Waals surface area contributed by atoms with Crippen LogP contribution in [0.4, 0.5) is 0 Å². The first kappa shape index (κ1) is 22.7. The summed E-state index contributed by atoms with van der Waals surface area (Å²) in [6, 6.07) is 8.49. The number of nitrogens with one attached hydrogen (secondary N) is 2. The molecule has 0 bridgehead atoms. The number of ether oxygens (including phenoxy) is 2. The van der Waals surface area contributed by atoms with Crippen molar-refractivity contribution in [3.63, 3.8) is 0 Å². The van der Waals surface area contributed by atoms with Gasteiger partial charge in [0.25, 0.3) is 0 Å².